The summed E-state index contributed by atoms with van der Waals surface area (Å²) in [4.78, 5) is 0. The molecule has 1 fully saturated rings. The molecule has 3 heteroatoms. The number of hydrogen-bond acceptors (Lipinski definition) is 3. The summed E-state index contributed by atoms with van der Waals surface area (Å²) < 4.78 is 10.9. The molecule has 0 saturated carbocycles. The van der Waals surface area contributed by atoms with Gasteiger partial charge in [0.15, 0.2) is 0 Å². The molecule has 1 saturated heterocycles. The van der Waals surface area contributed by atoms with E-state index in [1.807, 2.05) is 13.8 Å². The fraction of sp³-hybridized carbons (Fsp3) is 0.625. The predicted octanol–water partition coefficient (Wildman–Crippen LogP) is 2.87. The third kappa shape index (κ3) is 3.95. The maximum absolute atomic E-state index is 6.14. The largest absolute Gasteiger partial charge is 0.496 e. The zero-order valence-electron chi connectivity index (χ0n) is 12.2. The lowest BCUT2D eigenvalue weighted by atomic mass is 9.88. The van der Waals surface area contributed by atoms with Crippen molar-refractivity contribution in [1.82, 2.24) is 0 Å². The van der Waals surface area contributed by atoms with Crippen LogP contribution in [0.1, 0.15) is 43.7 Å². The van der Waals surface area contributed by atoms with Crippen molar-refractivity contribution in [2.75, 3.05) is 20.3 Å². The zero-order chi connectivity index (χ0) is 13.9. The second kappa shape index (κ2) is 5.93. The monoisotopic (exact) mass is 263 g/mol. The highest BCUT2D eigenvalue weighted by Gasteiger charge is 2.20. The van der Waals surface area contributed by atoms with Crippen LogP contribution >= 0.6 is 0 Å². The van der Waals surface area contributed by atoms with E-state index in [1.54, 1.807) is 7.11 Å². The Kier molecular flexibility index (Phi) is 4.48. The average Bonchev–Trinajstić information content (AvgIpc) is 2.38. The number of methoxy groups -OCH3 is 1. The summed E-state index contributed by atoms with van der Waals surface area (Å²) in [6.07, 6.45) is 3.04. The fourth-order valence-electron chi connectivity index (χ4n) is 2.71. The Morgan fingerprint density at radius 2 is 2.00 bits per heavy atom. The van der Waals surface area contributed by atoms with Crippen LogP contribution in [0.3, 0.4) is 0 Å². The number of rotatable bonds is 4. The molecule has 106 valence electrons. The minimum absolute atomic E-state index is 0.221. The van der Waals surface area contributed by atoms with E-state index in [2.05, 4.69) is 18.2 Å². The Labute approximate surface area is 116 Å². The minimum atomic E-state index is -0.221. The first-order valence-electron chi connectivity index (χ1n) is 7.03. The lowest BCUT2D eigenvalue weighted by molar-refractivity contribution is 0.0853. The van der Waals surface area contributed by atoms with Crippen molar-refractivity contribution < 1.29 is 9.47 Å². The second-order valence-corrected chi connectivity index (χ2v) is 6.12. The predicted molar refractivity (Wildman–Crippen MR) is 77.8 cm³/mol. The van der Waals surface area contributed by atoms with Gasteiger partial charge in [-0.1, -0.05) is 12.1 Å². The number of benzene rings is 1. The molecule has 0 spiro atoms. The summed E-state index contributed by atoms with van der Waals surface area (Å²) in [6, 6.07) is 6.52. The number of nitrogens with two attached hydrogens (primary N) is 1. The third-order valence-electron chi connectivity index (χ3n) is 3.64. The SMILES string of the molecule is COc1ccc(C2CCOCC2)cc1CC(C)(C)N. The quantitative estimate of drug-likeness (QED) is 0.908. The summed E-state index contributed by atoms with van der Waals surface area (Å²) in [5.41, 5.74) is 8.52. The molecule has 0 aliphatic carbocycles. The van der Waals surface area contributed by atoms with Crippen molar-refractivity contribution in [1.29, 1.82) is 0 Å². The number of ether oxygens (including phenoxy) is 2. The Morgan fingerprint density at radius 3 is 2.58 bits per heavy atom. The molecular formula is C16H25NO2. The Morgan fingerprint density at radius 1 is 1.32 bits per heavy atom. The van der Waals surface area contributed by atoms with Crippen molar-refractivity contribution in [3.63, 3.8) is 0 Å². The number of hydrogen-bond donors (Lipinski definition) is 1. The normalized spacial score (nSPS) is 17.5. The van der Waals surface area contributed by atoms with E-state index in [0.717, 1.165) is 38.2 Å². The zero-order valence-corrected chi connectivity index (χ0v) is 12.2. The van der Waals surface area contributed by atoms with Crippen molar-refractivity contribution in [3.05, 3.63) is 29.3 Å². The van der Waals surface area contributed by atoms with Gasteiger partial charge in [0.05, 0.1) is 7.11 Å². The van der Waals surface area contributed by atoms with E-state index in [-0.39, 0.29) is 5.54 Å². The first kappa shape index (κ1) is 14.4. The average molecular weight is 263 g/mol. The van der Waals surface area contributed by atoms with Crippen LogP contribution in [0.15, 0.2) is 18.2 Å². The molecule has 2 rings (SSSR count). The lowest BCUT2D eigenvalue weighted by Gasteiger charge is -2.25. The maximum Gasteiger partial charge on any atom is 0.122 e. The highest BCUT2D eigenvalue weighted by Crippen LogP contribution is 2.31. The first-order chi connectivity index (χ1) is 8.99. The lowest BCUT2D eigenvalue weighted by Crippen LogP contribution is -2.34. The summed E-state index contributed by atoms with van der Waals surface area (Å²) >= 11 is 0. The van der Waals surface area contributed by atoms with Crippen LogP contribution in [0, 0.1) is 0 Å². The van der Waals surface area contributed by atoms with Gasteiger partial charge in [-0.25, -0.2) is 0 Å². The van der Waals surface area contributed by atoms with Gasteiger partial charge in [0.1, 0.15) is 5.75 Å². The van der Waals surface area contributed by atoms with Gasteiger partial charge >= 0.3 is 0 Å². The Hall–Kier alpha value is -1.06. The molecule has 1 aromatic carbocycles. The van der Waals surface area contributed by atoms with Crippen molar-refractivity contribution >= 4 is 0 Å². The Bertz CT molecular complexity index is 417. The van der Waals surface area contributed by atoms with Crippen LogP contribution in [0.5, 0.6) is 5.75 Å². The van der Waals surface area contributed by atoms with E-state index in [9.17, 15) is 0 Å². The van der Waals surface area contributed by atoms with Gasteiger partial charge in [0.25, 0.3) is 0 Å². The molecule has 1 aromatic rings. The minimum Gasteiger partial charge on any atom is -0.496 e. The van der Waals surface area contributed by atoms with Crippen molar-refractivity contribution in [3.8, 4) is 5.75 Å². The summed E-state index contributed by atoms with van der Waals surface area (Å²) in [6.45, 7) is 5.84. The van der Waals surface area contributed by atoms with Gasteiger partial charge in [0, 0.05) is 18.8 Å². The highest BCUT2D eigenvalue weighted by molar-refractivity contribution is 5.39. The van der Waals surface area contributed by atoms with Gasteiger partial charge in [-0.05, 0) is 56.2 Å². The topological polar surface area (TPSA) is 44.5 Å². The molecule has 0 bridgehead atoms. The Balaban J connectivity index is 2.24. The van der Waals surface area contributed by atoms with E-state index in [1.165, 1.54) is 11.1 Å². The molecule has 1 aliphatic rings. The van der Waals surface area contributed by atoms with E-state index < -0.39 is 0 Å². The van der Waals surface area contributed by atoms with E-state index in [4.69, 9.17) is 15.2 Å². The van der Waals surface area contributed by atoms with Gasteiger partial charge < -0.3 is 15.2 Å². The van der Waals surface area contributed by atoms with Gasteiger partial charge in [-0.2, -0.15) is 0 Å². The second-order valence-electron chi connectivity index (χ2n) is 6.12. The molecule has 1 heterocycles. The summed E-state index contributed by atoms with van der Waals surface area (Å²) in [5, 5.41) is 0. The van der Waals surface area contributed by atoms with Crippen LogP contribution in [-0.2, 0) is 11.2 Å². The molecule has 3 nitrogen and oxygen atoms in total. The molecule has 1 aliphatic heterocycles. The van der Waals surface area contributed by atoms with Gasteiger partial charge in [0.2, 0.25) is 0 Å². The smallest absolute Gasteiger partial charge is 0.122 e. The van der Waals surface area contributed by atoms with Crippen molar-refractivity contribution in [2.24, 2.45) is 5.73 Å². The van der Waals surface area contributed by atoms with Crippen LogP contribution < -0.4 is 10.5 Å². The molecular weight excluding hydrogens is 238 g/mol. The fourth-order valence-corrected chi connectivity index (χ4v) is 2.71. The van der Waals surface area contributed by atoms with Crippen LogP contribution in [0.25, 0.3) is 0 Å². The maximum atomic E-state index is 6.14. The van der Waals surface area contributed by atoms with Gasteiger partial charge in [-0.15, -0.1) is 0 Å². The first-order valence-corrected chi connectivity index (χ1v) is 7.03. The molecule has 0 amide bonds. The standard InChI is InChI=1S/C16H25NO2/c1-16(2,17)11-14-10-13(4-5-15(14)18-3)12-6-8-19-9-7-12/h4-5,10,12H,6-9,11,17H2,1-3H3. The van der Waals surface area contributed by atoms with Crippen LogP contribution in [-0.4, -0.2) is 25.9 Å². The molecule has 19 heavy (non-hydrogen) atoms. The molecule has 2 N–H and O–H groups in total. The highest BCUT2D eigenvalue weighted by atomic mass is 16.5. The van der Waals surface area contributed by atoms with E-state index >= 15 is 0 Å². The van der Waals surface area contributed by atoms with Crippen molar-refractivity contribution in [2.45, 2.75) is 44.6 Å². The molecule has 0 unspecified atom stereocenters. The summed E-state index contributed by atoms with van der Waals surface area (Å²) in [5.74, 6) is 1.55. The van der Waals surface area contributed by atoms with Crippen LogP contribution in [0.4, 0.5) is 0 Å². The third-order valence-corrected chi connectivity index (χ3v) is 3.64. The molecule has 0 atom stereocenters. The van der Waals surface area contributed by atoms with Gasteiger partial charge in [-0.3, -0.25) is 0 Å². The molecule has 0 aromatic heterocycles. The summed E-state index contributed by atoms with van der Waals surface area (Å²) in [7, 11) is 1.72. The van der Waals surface area contributed by atoms with Crippen LogP contribution in [0.2, 0.25) is 0 Å². The van der Waals surface area contributed by atoms with E-state index in [0.29, 0.717) is 5.92 Å². The molecule has 0 radical (unpaired) electrons.